The Bertz CT molecular complexity index is 1490. The lowest BCUT2D eigenvalue weighted by molar-refractivity contribution is -0.140. The van der Waals surface area contributed by atoms with Crippen LogP contribution in [0.2, 0.25) is 5.02 Å². The smallest absolute Gasteiger partial charge is 0.264 e. The Kier molecular flexibility index (Phi) is 9.64. The van der Waals surface area contributed by atoms with Gasteiger partial charge in [0.05, 0.1) is 10.6 Å². The average molecular weight is 588 g/mol. The molecule has 0 aliphatic carbocycles. The molecule has 214 valence electrons. The van der Waals surface area contributed by atoms with Crippen LogP contribution in [0.15, 0.2) is 71.6 Å². The van der Waals surface area contributed by atoms with Crippen LogP contribution in [0.4, 0.5) is 10.1 Å². The van der Waals surface area contributed by atoms with Crippen LogP contribution in [-0.4, -0.2) is 43.3 Å². The lowest BCUT2D eigenvalue weighted by atomic mass is 10.1. The Balaban J connectivity index is 2.08. The predicted molar refractivity (Wildman–Crippen MR) is 156 cm³/mol. The highest BCUT2D eigenvalue weighted by Crippen LogP contribution is 2.29. The van der Waals surface area contributed by atoms with E-state index in [1.165, 1.54) is 48.2 Å². The summed E-state index contributed by atoms with van der Waals surface area (Å²) < 4.78 is 43.5. The Hall–Kier alpha value is -3.43. The lowest BCUT2D eigenvalue weighted by Gasteiger charge is -2.34. The van der Waals surface area contributed by atoms with Crippen LogP contribution in [-0.2, 0) is 26.2 Å². The number of sulfonamides is 1. The average Bonchev–Trinajstić information content (AvgIpc) is 2.86. The lowest BCUT2D eigenvalue weighted by Crippen LogP contribution is -2.54. The van der Waals surface area contributed by atoms with Gasteiger partial charge in [-0.1, -0.05) is 47.5 Å². The number of aryl methyl sites for hydroxylation is 2. The minimum Gasteiger partial charge on any atom is -0.350 e. The van der Waals surface area contributed by atoms with Gasteiger partial charge in [-0.3, -0.25) is 13.9 Å². The van der Waals surface area contributed by atoms with E-state index >= 15 is 0 Å². The van der Waals surface area contributed by atoms with Crippen LogP contribution in [0, 0.1) is 19.7 Å². The monoisotopic (exact) mass is 587 g/mol. The molecule has 40 heavy (non-hydrogen) atoms. The number of amides is 2. The van der Waals surface area contributed by atoms with Crippen molar-refractivity contribution in [2.75, 3.05) is 10.8 Å². The predicted octanol–water partition coefficient (Wildman–Crippen LogP) is 5.62. The van der Waals surface area contributed by atoms with Gasteiger partial charge in [-0.25, -0.2) is 12.8 Å². The standard InChI is InChI=1S/C30H35ClFN3O4S/c1-20-11-14-25(15-12-20)40(38,39)35(27-16-13-24(31)17-21(27)2)19-28(36)34(18-23-9-7-8-10-26(23)32)22(3)29(37)33-30(4,5)6/h7-17,22H,18-19H2,1-6H3,(H,33,37)/t22-/m0/s1. The van der Waals surface area contributed by atoms with Gasteiger partial charge in [0.1, 0.15) is 18.4 Å². The highest BCUT2D eigenvalue weighted by atomic mass is 35.5. The highest BCUT2D eigenvalue weighted by Gasteiger charge is 2.34. The molecule has 0 saturated heterocycles. The summed E-state index contributed by atoms with van der Waals surface area (Å²) in [6, 6.07) is 15.9. The van der Waals surface area contributed by atoms with Crippen molar-refractivity contribution in [1.29, 1.82) is 0 Å². The van der Waals surface area contributed by atoms with Gasteiger partial charge < -0.3 is 10.2 Å². The molecule has 1 atom stereocenters. The number of hydrogen-bond donors (Lipinski definition) is 1. The Morgan fingerprint density at radius 1 is 1.00 bits per heavy atom. The van der Waals surface area contributed by atoms with Crippen molar-refractivity contribution in [3.8, 4) is 0 Å². The molecule has 0 heterocycles. The van der Waals surface area contributed by atoms with Gasteiger partial charge in [-0.15, -0.1) is 0 Å². The van der Waals surface area contributed by atoms with Crippen molar-refractivity contribution in [2.24, 2.45) is 0 Å². The molecule has 10 heteroatoms. The number of benzene rings is 3. The molecule has 0 fully saturated rings. The van der Waals surface area contributed by atoms with E-state index in [-0.39, 0.29) is 22.7 Å². The van der Waals surface area contributed by atoms with Crippen LogP contribution in [0.25, 0.3) is 0 Å². The highest BCUT2D eigenvalue weighted by molar-refractivity contribution is 7.92. The van der Waals surface area contributed by atoms with Crippen molar-refractivity contribution in [3.63, 3.8) is 0 Å². The van der Waals surface area contributed by atoms with Crippen molar-refractivity contribution in [2.45, 2.75) is 64.6 Å². The molecule has 0 aliphatic rings. The second-order valence-electron chi connectivity index (χ2n) is 10.8. The number of rotatable bonds is 9. The third-order valence-electron chi connectivity index (χ3n) is 6.28. The number of nitrogens with zero attached hydrogens (tertiary/aromatic N) is 2. The SMILES string of the molecule is Cc1ccc(S(=O)(=O)N(CC(=O)N(Cc2ccccc2F)[C@@H](C)C(=O)NC(C)(C)C)c2ccc(Cl)cc2C)cc1. The van der Waals surface area contributed by atoms with Crippen molar-refractivity contribution in [1.82, 2.24) is 10.2 Å². The number of hydrogen-bond acceptors (Lipinski definition) is 4. The molecule has 0 aliphatic heterocycles. The van der Waals surface area contributed by atoms with E-state index in [2.05, 4.69) is 5.32 Å². The first kappa shape index (κ1) is 31.1. The molecule has 0 spiro atoms. The summed E-state index contributed by atoms with van der Waals surface area (Å²) in [5.41, 5.74) is 1.28. The van der Waals surface area contributed by atoms with Crippen molar-refractivity contribution < 1.29 is 22.4 Å². The summed E-state index contributed by atoms with van der Waals surface area (Å²) >= 11 is 6.14. The quantitative estimate of drug-likeness (QED) is 0.352. The van der Waals surface area contributed by atoms with Gasteiger partial charge in [0.15, 0.2) is 0 Å². The summed E-state index contributed by atoms with van der Waals surface area (Å²) in [5.74, 6) is -1.67. The fraction of sp³-hybridized carbons (Fsp3) is 0.333. The minimum atomic E-state index is -4.22. The maximum atomic E-state index is 14.7. The van der Waals surface area contributed by atoms with Gasteiger partial charge in [-0.2, -0.15) is 0 Å². The Morgan fingerprint density at radius 3 is 2.20 bits per heavy atom. The summed E-state index contributed by atoms with van der Waals surface area (Å²) in [5, 5.41) is 3.25. The zero-order chi connectivity index (χ0) is 29.8. The maximum absolute atomic E-state index is 14.7. The van der Waals surface area contributed by atoms with Crippen molar-refractivity contribution >= 4 is 39.1 Å². The molecule has 0 saturated carbocycles. The molecule has 1 N–H and O–H groups in total. The van der Waals surface area contributed by atoms with Gasteiger partial charge in [0.2, 0.25) is 11.8 Å². The zero-order valence-electron chi connectivity index (χ0n) is 23.5. The number of nitrogens with one attached hydrogen (secondary N) is 1. The summed E-state index contributed by atoms with van der Waals surface area (Å²) in [6.07, 6.45) is 0. The second kappa shape index (κ2) is 12.4. The third kappa shape index (κ3) is 7.61. The summed E-state index contributed by atoms with van der Waals surface area (Å²) in [7, 11) is -4.22. The van der Waals surface area contributed by atoms with Gasteiger partial charge >= 0.3 is 0 Å². The van der Waals surface area contributed by atoms with Gasteiger partial charge in [0, 0.05) is 22.7 Å². The molecule has 0 radical (unpaired) electrons. The molecule has 3 aromatic rings. The maximum Gasteiger partial charge on any atom is 0.264 e. The van der Waals surface area contributed by atoms with Gasteiger partial charge in [0.25, 0.3) is 10.0 Å². The van der Waals surface area contributed by atoms with Crippen LogP contribution < -0.4 is 9.62 Å². The molecule has 7 nitrogen and oxygen atoms in total. The van der Waals surface area contributed by atoms with E-state index in [9.17, 15) is 22.4 Å². The largest absolute Gasteiger partial charge is 0.350 e. The Labute approximate surface area is 241 Å². The minimum absolute atomic E-state index is 0.000530. The van der Waals surface area contributed by atoms with E-state index < -0.39 is 45.8 Å². The fourth-order valence-corrected chi connectivity index (χ4v) is 5.82. The van der Waals surface area contributed by atoms with Gasteiger partial charge in [-0.05, 0) is 83.5 Å². The van der Waals surface area contributed by atoms with Crippen LogP contribution in [0.3, 0.4) is 0 Å². The molecule has 3 rings (SSSR count). The number of carbonyl (C=O) groups excluding carboxylic acids is 2. The Morgan fingerprint density at radius 2 is 1.62 bits per heavy atom. The fourth-order valence-electron chi connectivity index (χ4n) is 4.12. The molecule has 0 unspecified atom stereocenters. The third-order valence-corrected chi connectivity index (χ3v) is 8.29. The molecule has 2 amide bonds. The first-order valence-corrected chi connectivity index (χ1v) is 14.6. The molecular weight excluding hydrogens is 553 g/mol. The molecular formula is C30H35ClFN3O4S. The molecule has 3 aromatic carbocycles. The molecule has 0 bridgehead atoms. The van der Waals surface area contributed by atoms with Crippen LogP contribution in [0.5, 0.6) is 0 Å². The summed E-state index contributed by atoms with van der Waals surface area (Å²) in [6.45, 7) is 9.62. The topological polar surface area (TPSA) is 86.8 Å². The normalized spacial score (nSPS) is 12.5. The first-order chi connectivity index (χ1) is 18.6. The van der Waals surface area contributed by atoms with E-state index in [4.69, 9.17) is 11.6 Å². The number of anilines is 1. The van der Waals surface area contributed by atoms with E-state index in [1.54, 1.807) is 58.0 Å². The van der Waals surface area contributed by atoms with Crippen LogP contribution in [0.1, 0.15) is 44.4 Å². The van der Waals surface area contributed by atoms with E-state index in [0.717, 1.165) is 9.87 Å². The number of carbonyl (C=O) groups is 2. The van der Waals surface area contributed by atoms with Crippen molar-refractivity contribution in [3.05, 3.63) is 94.3 Å². The first-order valence-electron chi connectivity index (χ1n) is 12.8. The summed E-state index contributed by atoms with van der Waals surface area (Å²) in [4.78, 5) is 28.3. The van der Waals surface area contributed by atoms with E-state index in [0.29, 0.717) is 10.6 Å². The van der Waals surface area contributed by atoms with Crippen LogP contribution >= 0.6 is 11.6 Å². The molecule has 0 aromatic heterocycles. The van der Waals surface area contributed by atoms with E-state index in [1.807, 2.05) is 6.92 Å². The number of halogens is 2. The zero-order valence-corrected chi connectivity index (χ0v) is 25.1. The second-order valence-corrected chi connectivity index (χ2v) is 13.1.